The van der Waals surface area contributed by atoms with E-state index in [1.54, 1.807) is 0 Å². The van der Waals surface area contributed by atoms with Crippen molar-refractivity contribution >= 4 is 5.91 Å². The molecule has 82 valence electrons. The molecule has 0 aliphatic carbocycles. The van der Waals surface area contributed by atoms with Crippen LogP contribution in [0, 0.1) is 5.92 Å². The van der Waals surface area contributed by atoms with Gasteiger partial charge in [0.2, 0.25) is 5.91 Å². The fourth-order valence-corrected chi connectivity index (χ4v) is 1.61. The van der Waals surface area contributed by atoms with E-state index in [9.17, 15) is 13.6 Å². The molecule has 1 fully saturated rings. The quantitative estimate of drug-likeness (QED) is 0.743. The average Bonchev–Trinajstić information content (AvgIpc) is 2.43. The first kappa shape index (κ1) is 11.4. The van der Waals surface area contributed by atoms with Gasteiger partial charge in [-0.25, -0.2) is 8.78 Å². The lowest BCUT2D eigenvalue weighted by molar-refractivity contribution is -0.137. The van der Waals surface area contributed by atoms with E-state index in [0.717, 1.165) is 6.92 Å². The molecule has 0 radical (unpaired) electrons. The Bertz CT molecular complexity index is 227. The first-order valence-electron chi connectivity index (χ1n) is 4.73. The minimum absolute atomic E-state index is 0.0345. The highest BCUT2D eigenvalue weighted by molar-refractivity contribution is 5.79. The third-order valence-electron chi connectivity index (χ3n) is 2.77. The van der Waals surface area contributed by atoms with Crippen molar-refractivity contribution in [3.8, 4) is 0 Å². The third-order valence-corrected chi connectivity index (χ3v) is 2.77. The summed E-state index contributed by atoms with van der Waals surface area (Å²) >= 11 is 0. The number of carbonyl (C=O) groups excluding carboxylic acids is 1. The molecule has 1 saturated heterocycles. The van der Waals surface area contributed by atoms with Crippen LogP contribution < -0.4 is 5.73 Å². The standard InChI is InChI=1S/C9H16F2N2O/c1-6(9(2,10)11)13-5-7(4-12)3-8(13)14/h6-7H,3-5,12H2,1-2H3. The second-order valence-corrected chi connectivity index (χ2v) is 3.98. The zero-order valence-corrected chi connectivity index (χ0v) is 8.46. The maximum atomic E-state index is 12.9. The van der Waals surface area contributed by atoms with E-state index in [4.69, 9.17) is 5.73 Å². The Morgan fingerprint density at radius 2 is 2.29 bits per heavy atom. The van der Waals surface area contributed by atoms with Crippen LogP contribution in [0.4, 0.5) is 8.78 Å². The molecule has 14 heavy (non-hydrogen) atoms. The summed E-state index contributed by atoms with van der Waals surface area (Å²) in [5, 5.41) is 0. The minimum atomic E-state index is -2.85. The fraction of sp³-hybridized carbons (Fsp3) is 0.889. The molecular weight excluding hydrogens is 190 g/mol. The predicted octanol–water partition coefficient (Wildman–Crippen LogP) is 0.837. The number of likely N-dealkylation sites (tertiary alicyclic amines) is 1. The summed E-state index contributed by atoms with van der Waals surface area (Å²) in [6.45, 7) is 2.95. The number of alkyl halides is 2. The molecule has 2 unspecified atom stereocenters. The number of carbonyl (C=O) groups is 1. The molecule has 3 nitrogen and oxygen atoms in total. The Hall–Kier alpha value is -0.710. The van der Waals surface area contributed by atoms with Crippen molar-refractivity contribution in [3.05, 3.63) is 0 Å². The van der Waals surface area contributed by atoms with Gasteiger partial charge >= 0.3 is 0 Å². The van der Waals surface area contributed by atoms with Gasteiger partial charge in [-0.2, -0.15) is 0 Å². The normalized spacial score (nSPS) is 25.6. The van der Waals surface area contributed by atoms with E-state index in [1.807, 2.05) is 0 Å². The number of hydrogen-bond donors (Lipinski definition) is 1. The molecule has 5 heteroatoms. The van der Waals surface area contributed by atoms with Gasteiger partial charge in [-0.05, 0) is 19.4 Å². The zero-order valence-electron chi connectivity index (χ0n) is 8.46. The molecule has 1 rings (SSSR count). The summed E-state index contributed by atoms with van der Waals surface area (Å²) in [4.78, 5) is 12.6. The van der Waals surface area contributed by atoms with Gasteiger partial charge in [0.15, 0.2) is 0 Å². The van der Waals surface area contributed by atoms with Crippen LogP contribution in [0.15, 0.2) is 0 Å². The molecular formula is C9H16F2N2O. The van der Waals surface area contributed by atoms with Gasteiger partial charge in [0.1, 0.15) is 0 Å². The lowest BCUT2D eigenvalue weighted by atomic mass is 10.1. The molecule has 1 aliphatic heterocycles. The molecule has 1 amide bonds. The molecule has 0 aromatic heterocycles. The second kappa shape index (κ2) is 3.81. The lowest BCUT2D eigenvalue weighted by Crippen LogP contribution is -2.45. The monoisotopic (exact) mass is 206 g/mol. The predicted molar refractivity (Wildman–Crippen MR) is 49.0 cm³/mol. The topological polar surface area (TPSA) is 46.3 Å². The summed E-state index contributed by atoms with van der Waals surface area (Å²) in [6, 6.07) is -1.04. The maximum Gasteiger partial charge on any atom is 0.265 e. The number of rotatable bonds is 3. The third kappa shape index (κ3) is 2.20. The molecule has 0 bridgehead atoms. The van der Waals surface area contributed by atoms with Gasteiger partial charge in [-0.15, -0.1) is 0 Å². The van der Waals surface area contributed by atoms with Crippen molar-refractivity contribution in [3.63, 3.8) is 0 Å². The molecule has 0 saturated carbocycles. The van der Waals surface area contributed by atoms with Crippen LogP contribution in [-0.2, 0) is 4.79 Å². The van der Waals surface area contributed by atoms with Crippen molar-refractivity contribution in [2.24, 2.45) is 11.7 Å². The number of nitrogens with two attached hydrogens (primary N) is 1. The largest absolute Gasteiger partial charge is 0.334 e. The molecule has 0 spiro atoms. The SMILES string of the molecule is CC(N1CC(CN)CC1=O)C(C)(F)F. The highest BCUT2D eigenvalue weighted by atomic mass is 19.3. The Morgan fingerprint density at radius 1 is 1.71 bits per heavy atom. The van der Waals surface area contributed by atoms with Gasteiger partial charge < -0.3 is 10.6 Å². The van der Waals surface area contributed by atoms with Crippen LogP contribution in [0.5, 0.6) is 0 Å². The smallest absolute Gasteiger partial charge is 0.265 e. The molecule has 0 aromatic carbocycles. The van der Waals surface area contributed by atoms with Crippen molar-refractivity contribution < 1.29 is 13.6 Å². The van der Waals surface area contributed by atoms with Gasteiger partial charge in [0.05, 0.1) is 6.04 Å². The van der Waals surface area contributed by atoms with E-state index >= 15 is 0 Å². The van der Waals surface area contributed by atoms with E-state index in [-0.39, 0.29) is 11.8 Å². The van der Waals surface area contributed by atoms with Crippen LogP contribution in [0.3, 0.4) is 0 Å². The number of amides is 1. The Labute approximate surface area is 82.2 Å². The summed E-state index contributed by atoms with van der Waals surface area (Å²) < 4.78 is 25.9. The molecule has 0 aromatic rings. The van der Waals surface area contributed by atoms with Crippen LogP contribution in [-0.4, -0.2) is 35.9 Å². The second-order valence-electron chi connectivity index (χ2n) is 3.98. The fourth-order valence-electron chi connectivity index (χ4n) is 1.61. The maximum absolute atomic E-state index is 12.9. The van der Waals surface area contributed by atoms with E-state index in [1.165, 1.54) is 11.8 Å². The highest BCUT2D eigenvalue weighted by Gasteiger charge is 2.41. The summed E-state index contributed by atoms with van der Waals surface area (Å²) in [5.74, 6) is -3.03. The van der Waals surface area contributed by atoms with Crippen molar-refractivity contribution in [2.45, 2.75) is 32.2 Å². The van der Waals surface area contributed by atoms with Crippen LogP contribution in [0.25, 0.3) is 0 Å². The Kier molecular flexibility index (Phi) is 3.09. The zero-order chi connectivity index (χ0) is 10.9. The molecule has 1 aliphatic rings. The lowest BCUT2D eigenvalue weighted by Gasteiger charge is -2.29. The molecule has 1 heterocycles. The first-order valence-corrected chi connectivity index (χ1v) is 4.73. The van der Waals surface area contributed by atoms with Gasteiger partial charge in [-0.1, -0.05) is 0 Å². The van der Waals surface area contributed by atoms with E-state index in [2.05, 4.69) is 0 Å². The summed E-state index contributed by atoms with van der Waals surface area (Å²) in [6.07, 6.45) is 0.302. The van der Waals surface area contributed by atoms with Gasteiger partial charge in [-0.3, -0.25) is 4.79 Å². The van der Waals surface area contributed by atoms with Crippen LogP contribution in [0.1, 0.15) is 20.3 Å². The average molecular weight is 206 g/mol. The number of hydrogen-bond acceptors (Lipinski definition) is 2. The highest BCUT2D eigenvalue weighted by Crippen LogP contribution is 2.27. The van der Waals surface area contributed by atoms with Crippen molar-refractivity contribution in [1.29, 1.82) is 0 Å². The van der Waals surface area contributed by atoms with E-state index < -0.39 is 12.0 Å². The van der Waals surface area contributed by atoms with Crippen LogP contribution in [0.2, 0.25) is 0 Å². The molecule has 2 atom stereocenters. The number of halogens is 2. The minimum Gasteiger partial charge on any atom is -0.334 e. The first-order chi connectivity index (χ1) is 6.36. The van der Waals surface area contributed by atoms with Gasteiger partial charge in [0.25, 0.3) is 5.92 Å². The summed E-state index contributed by atoms with van der Waals surface area (Å²) in [7, 11) is 0. The molecule has 2 N–H and O–H groups in total. The van der Waals surface area contributed by atoms with Crippen molar-refractivity contribution in [1.82, 2.24) is 4.90 Å². The summed E-state index contributed by atoms with van der Waals surface area (Å²) in [5.41, 5.74) is 5.40. The number of nitrogens with zero attached hydrogens (tertiary/aromatic N) is 1. The van der Waals surface area contributed by atoms with Gasteiger partial charge in [0, 0.05) is 19.9 Å². The van der Waals surface area contributed by atoms with E-state index in [0.29, 0.717) is 19.5 Å². The van der Waals surface area contributed by atoms with Crippen molar-refractivity contribution in [2.75, 3.05) is 13.1 Å². The Morgan fingerprint density at radius 3 is 2.64 bits per heavy atom. The Balaban J connectivity index is 2.66. The van der Waals surface area contributed by atoms with Crippen LogP contribution >= 0.6 is 0 Å².